The van der Waals surface area contributed by atoms with Crippen molar-refractivity contribution in [2.75, 3.05) is 25.0 Å². The molecule has 24 heavy (non-hydrogen) atoms. The average Bonchev–Trinajstić information content (AvgIpc) is 3.15. The third-order valence-corrected chi connectivity index (χ3v) is 3.93. The summed E-state index contributed by atoms with van der Waals surface area (Å²) in [4.78, 5) is 12.4. The Morgan fingerprint density at radius 3 is 2.75 bits per heavy atom. The van der Waals surface area contributed by atoms with Gasteiger partial charge in [-0.2, -0.15) is 0 Å². The van der Waals surface area contributed by atoms with E-state index in [2.05, 4.69) is 20.3 Å². The smallest absolute Gasteiger partial charge is 0.167 e. The topological polar surface area (TPSA) is 172 Å². The van der Waals surface area contributed by atoms with E-state index in [-0.39, 0.29) is 13.1 Å². The lowest BCUT2D eigenvalue weighted by molar-refractivity contribution is -0.0511. The molecule has 3 rings (SSSR count). The summed E-state index contributed by atoms with van der Waals surface area (Å²) in [6.07, 6.45) is -2.27. The third-order valence-electron chi connectivity index (χ3n) is 3.93. The Bertz CT molecular complexity index is 697. The fourth-order valence-electron chi connectivity index (χ4n) is 2.58. The van der Waals surface area contributed by atoms with Gasteiger partial charge in [-0.3, -0.25) is 4.57 Å². The first-order valence-corrected chi connectivity index (χ1v) is 7.48. The number of anilines is 1. The molecule has 5 atom stereocenters. The highest BCUT2D eigenvalue weighted by Gasteiger charge is 2.44. The van der Waals surface area contributed by atoms with Gasteiger partial charge in [-0.05, 0) is 0 Å². The van der Waals surface area contributed by atoms with Crippen molar-refractivity contribution in [1.29, 1.82) is 0 Å². The second-order valence-electron chi connectivity index (χ2n) is 5.55. The number of nitrogens with zero attached hydrogens (tertiary/aromatic N) is 4. The van der Waals surface area contributed by atoms with E-state index in [1.165, 1.54) is 17.2 Å². The Morgan fingerprint density at radius 2 is 2.08 bits per heavy atom. The van der Waals surface area contributed by atoms with Gasteiger partial charge in [0.05, 0.1) is 19.0 Å². The normalized spacial score (nSPS) is 28.4. The van der Waals surface area contributed by atoms with Gasteiger partial charge in [0.2, 0.25) is 0 Å². The molecule has 1 aliphatic rings. The van der Waals surface area contributed by atoms with Crippen molar-refractivity contribution in [2.24, 2.45) is 5.73 Å². The third kappa shape index (κ3) is 2.92. The van der Waals surface area contributed by atoms with Gasteiger partial charge in [0.15, 0.2) is 23.2 Å². The predicted octanol–water partition coefficient (Wildman–Crippen LogP) is -2.83. The molecule has 2 unspecified atom stereocenters. The van der Waals surface area contributed by atoms with Crippen LogP contribution in [0.4, 0.5) is 5.82 Å². The van der Waals surface area contributed by atoms with Crippen LogP contribution in [-0.4, -0.2) is 84.1 Å². The Morgan fingerprint density at radius 1 is 1.29 bits per heavy atom. The minimum Gasteiger partial charge on any atom is -0.394 e. The maximum atomic E-state index is 10.1. The minimum absolute atomic E-state index is 0.109. The number of fused-ring (bicyclic) bond motifs is 1. The fourth-order valence-corrected chi connectivity index (χ4v) is 2.58. The summed E-state index contributed by atoms with van der Waals surface area (Å²) in [6, 6.07) is 0. The first-order chi connectivity index (χ1) is 11.6. The largest absolute Gasteiger partial charge is 0.394 e. The van der Waals surface area contributed by atoms with Gasteiger partial charge in [-0.1, -0.05) is 0 Å². The van der Waals surface area contributed by atoms with Crippen LogP contribution in [0.3, 0.4) is 0 Å². The van der Waals surface area contributed by atoms with Crippen LogP contribution in [-0.2, 0) is 4.74 Å². The van der Waals surface area contributed by atoms with Gasteiger partial charge < -0.3 is 36.2 Å². The number of ether oxygens (including phenoxy) is 1. The molecule has 11 nitrogen and oxygen atoms in total. The number of nitrogens with one attached hydrogen (secondary N) is 1. The molecule has 0 spiro atoms. The van der Waals surface area contributed by atoms with E-state index in [9.17, 15) is 20.4 Å². The highest BCUT2D eigenvalue weighted by Crippen LogP contribution is 2.31. The van der Waals surface area contributed by atoms with E-state index in [0.29, 0.717) is 17.0 Å². The van der Waals surface area contributed by atoms with Gasteiger partial charge in [-0.25, -0.2) is 15.0 Å². The van der Waals surface area contributed by atoms with Crippen molar-refractivity contribution in [3.05, 3.63) is 12.7 Å². The van der Waals surface area contributed by atoms with Crippen LogP contribution in [0.25, 0.3) is 11.2 Å². The lowest BCUT2D eigenvalue weighted by Crippen LogP contribution is -2.33. The molecular weight excluding hydrogens is 320 g/mol. The molecular formula is C13H20N6O5. The molecule has 1 fully saturated rings. The summed E-state index contributed by atoms with van der Waals surface area (Å²) < 4.78 is 6.94. The van der Waals surface area contributed by atoms with Gasteiger partial charge in [0.25, 0.3) is 0 Å². The maximum absolute atomic E-state index is 10.1. The summed E-state index contributed by atoms with van der Waals surface area (Å²) in [6.45, 7) is -0.109. The molecule has 7 N–H and O–H groups in total. The molecule has 1 aliphatic heterocycles. The molecule has 132 valence electrons. The number of rotatable bonds is 6. The van der Waals surface area contributed by atoms with Crippen LogP contribution >= 0.6 is 0 Å². The SMILES string of the molecule is NCC(O)CNc1ncnc2c1ncn2C1O[C@H](CO)[C@@H](O)[C@H]1O. The molecule has 0 bridgehead atoms. The van der Waals surface area contributed by atoms with Crippen molar-refractivity contribution in [2.45, 2.75) is 30.6 Å². The standard InChI is InChI=1S/C13H20N6O5/c14-1-6(21)2-15-11-8-12(17-4-16-11)19(5-18-8)13-10(23)9(22)7(3-20)24-13/h4-7,9-10,13,20-23H,1-3,14H2,(H,15,16,17)/t6?,7-,9-,10-,13?/m1/s1. The molecule has 2 aromatic heterocycles. The summed E-state index contributed by atoms with van der Waals surface area (Å²) >= 11 is 0. The number of imidazole rings is 1. The molecule has 0 amide bonds. The summed E-state index contributed by atoms with van der Waals surface area (Å²) in [5.74, 6) is 0.401. The lowest BCUT2D eigenvalue weighted by atomic mass is 10.1. The predicted molar refractivity (Wildman–Crippen MR) is 81.9 cm³/mol. The molecule has 0 aromatic carbocycles. The number of aliphatic hydroxyl groups is 4. The molecule has 0 aliphatic carbocycles. The Balaban J connectivity index is 1.89. The van der Waals surface area contributed by atoms with Crippen LogP contribution in [0, 0.1) is 0 Å². The first kappa shape index (κ1) is 17.0. The highest BCUT2D eigenvalue weighted by atomic mass is 16.6. The van der Waals surface area contributed by atoms with Crippen LogP contribution < -0.4 is 11.1 Å². The number of nitrogens with two attached hydrogens (primary N) is 1. The fraction of sp³-hybridized carbons (Fsp3) is 0.615. The number of hydrogen-bond donors (Lipinski definition) is 6. The number of aliphatic hydroxyl groups excluding tert-OH is 4. The van der Waals surface area contributed by atoms with E-state index in [0.717, 1.165) is 0 Å². The Hall–Kier alpha value is -1.89. The van der Waals surface area contributed by atoms with Gasteiger partial charge >= 0.3 is 0 Å². The quantitative estimate of drug-likeness (QED) is 0.322. The average molecular weight is 340 g/mol. The van der Waals surface area contributed by atoms with Gasteiger partial charge in [0.1, 0.15) is 24.6 Å². The van der Waals surface area contributed by atoms with Crippen LogP contribution in [0.1, 0.15) is 6.23 Å². The van der Waals surface area contributed by atoms with Crippen LogP contribution in [0.2, 0.25) is 0 Å². The van der Waals surface area contributed by atoms with E-state index >= 15 is 0 Å². The zero-order chi connectivity index (χ0) is 17.3. The number of aromatic nitrogens is 4. The van der Waals surface area contributed by atoms with E-state index in [1.54, 1.807) is 0 Å². The number of hydrogen-bond acceptors (Lipinski definition) is 10. The Kier molecular flexibility index (Phi) is 4.89. The van der Waals surface area contributed by atoms with Crippen molar-refractivity contribution >= 4 is 17.0 Å². The Labute approximate surface area is 136 Å². The maximum Gasteiger partial charge on any atom is 0.167 e. The van der Waals surface area contributed by atoms with Crippen molar-refractivity contribution in [3.63, 3.8) is 0 Å². The lowest BCUT2D eigenvalue weighted by Gasteiger charge is -2.16. The summed E-state index contributed by atoms with van der Waals surface area (Å²) in [7, 11) is 0. The molecule has 11 heteroatoms. The molecule has 0 radical (unpaired) electrons. The molecule has 0 saturated carbocycles. The zero-order valence-electron chi connectivity index (χ0n) is 12.7. The molecule has 3 heterocycles. The zero-order valence-corrected chi connectivity index (χ0v) is 12.7. The first-order valence-electron chi connectivity index (χ1n) is 7.48. The second kappa shape index (κ2) is 6.93. The van der Waals surface area contributed by atoms with E-state index < -0.39 is 37.3 Å². The van der Waals surface area contributed by atoms with Gasteiger partial charge in [0, 0.05) is 13.1 Å². The summed E-state index contributed by atoms with van der Waals surface area (Å²) in [5.41, 5.74) is 6.15. The van der Waals surface area contributed by atoms with E-state index in [4.69, 9.17) is 10.5 Å². The van der Waals surface area contributed by atoms with Gasteiger partial charge in [-0.15, -0.1) is 0 Å². The second-order valence-corrected chi connectivity index (χ2v) is 5.55. The van der Waals surface area contributed by atoms with Crippen LogP contribution in [0.5, 0.6) is 0 Å². The van der Waals surface area contributed by atoms with Crippen molar-refractivity contribution < 1.29 is 25.2 Å². The molecule has 1 saturated heterocycles. The minimum atomic E-state index is -1.23. The highest BCUT2D eigenvalue weighted by molar-refractivity contribution is 5.82. The van der Waals surface area contributed by atoms with E-state index in [1.807, 2.05) is 0 Å². The van der Waals surface area contributed by atoms with Crippen LogP contribution in [0.15, 0.2) is 12.7 Å². The monoisotopic (exact) mass is 340 g/mol. The summed E-state index contributed by atoms with van der Waals surface area (Å²) in [5, 5.41) is 41.6. The molecule has 2 aromatic rings. The van der Waals surface area contributed by atoms with Crippen molar-refractivity contribution in [1.82, 2.24) is 19.5 Å². The van der Waals surface area contributed by atoms with Crippen molar-refractivity contribution in [3.8, 4) is 0 Å².